The van der Waals surface area contributed by atoms with Crippen molar-refractivity contribution >= 4 is 0 Å². The van der Waals surface area contributed by atoms with Crippen LogP contribution in [-0.4, -0.2) is 12.1 Å². The summed E-state index contributed by atoms with van der Waals surface area (Å²) in [6.07, 6.45) is 4.00. The lowest BCUT2D eigenvalue weighted by Gasteiger charge is -2.00. The molecule has 1 aliphatic carbocycles. The second-order valence-electron chi connectivity index (χ2n) is 3.06. The van der Waals surface area contributed by atoms with Gasteiger partial charge in [-0.05, 0) is 19.3 Å². The monoisotopic (exact) mass is 109 g/mol. The fourth-order valence-corrected chi connectivity index (χ4v) is 1.42. The Hall–Kier alpha value is -0.300. The molecule has 2 fully saturated rings. The van der Waals surface area contributed by atoms with Crippen LogP contribution < -0.4 is 5.32 Å². The van der Waals surface area contributed by atoms with Crippen LogP contribution in [0.2, 0.25) is 0 Å². The van der Waals surface area contributed by atoms with Crippen LogP contribution in [0, 0.1) is 0 Å². The molecule has 1 heteroatoms. The Balaban J connectivity index is 2.13. The molecule has 0 aromatic heterocycles. The van der Waals surface area contributed by atoms with Crippen molar-refractivity contribution in [3.8, 4) is 0 Å². The normalized spacial score (nSPS) is 31.8. The van der Waals surface area contributed by atoms with Crippen molar-refractivity contribution in [2.45, 2.75) is 24.8 Å². The number of hydrogen-bond donors (Lipinski definition) is 1. The van der Waals surface area contributed by atoms with Crippen LogP contribution in [0.3, 0.4) is 0 Å². The van der Waals surface area contributed by atoms with Crippen molar-refractivity contribution in [3.05, 3.63) is 12.2 Å². The minimum Gasteiger partial charge on any atom is -0.307 e. The van der Waals surface area contributed by atoms with Gasteiger partial charge in [0.05, 0.1) is 0 Å². The summed E-state index contributed by atoms with van der Waals surface area (Å²) in [5, 5.41) is 3.46. The molecule has 0 aromatic carbocycles. The molecule has 2 aliphatic rings. The fourth-order valence-electron chi connectivity index (χ4n) is 1.42. The quantitative estimate of drug-likeness (QED) is 0.459. The Bertz CT molecular complexity index is 133. The van der Waals surface area contributed by atoms with Gasteiger partial charge < -0.3 is 5.32 Å². The van der Waals surface area contributed by atoms with Gasteiger partial charge in [0.2, 0.25) is 0 Å². The zero-order chi connectivity index (χ0) is 5.61. The average Bonchev–Trinajstić information content (AvgIpc) is 2.34. The molecule has 0 radical (unpaired) electrons. The second kappa shape index (κ2) is 1.16. The van der Waals surface area contributed by atoms with E-state index in [1.807, 2.05) is 0 Å². The minimum absolute atomic E-state index is 0.567. The van der Waals surface area contributed by atoms with E-state index in [1.165, 1.54) is 24.8 Å². The minimum atomic E-state index is 0.567. The molecule has 1 saturated heterocycles. The second-order valence-corrected chi connectivity index (χ2v) is 3.06. The highest BCUT2D eigenvalue weighted by Crippen LogP contribution is 2.43. The van der Waals surface area contributed by atoms with Gasteiger partial charge in [-0.25, -0.2) is 0 Å². The molecule has 0 bridgehead atoms. The SMILES string of the molecule is C=C1CNC2(CC2)C1. The van der Waals surface area contributed by atoms with E-state index in [0.29, 0.717) is 5.54 Å². The smallest absolute Gasteiger partial charge is 0.0223 e. The standard InChI is InChI=1S/C7H11N/c1-6-4-7(2-3-7)8-5-6/h8H,1-5H2. The van der Waals surface area contributed by atoms with E-state index >= 15 is 0 Å². The van der Waals surface area contributed by atoms with Crippen LogP contribution in [0.15, 0.2) is 12.2 Å². The van der Waals surface area contributed by atoms with Crippen LogP contribution in [-0.2, 0) is 0 Å². The largest absolute Gasteiger partial charge is 0.307 e. The van der Waals surface area contributed by atoms with Gasteiger partial charge in [-0.15, -0.1) is 0 Å². The van der Waals surface area contributed by atoms with E-state index in [9.17, 15) is 0 Å². The lowest BCUT2D eigenvalue weighted by atomic mass is 10.1. The van der Waals surface area contributed by atoms with Gasteiger partial charge in [0, 0.05) is 12.1 Å². The summed E-state index contributed by atoms with van der Waals surface area (Å²) in [5.74, 6) is 0. The molecule has 1 saturated carbocycles. The molecule has 0 amide bonds. The molecule has 1 spiro atoms. The van der Waals surface area contributed by atoms with Gasteiger partial charge in [0.25, 0.3) is 0 Å². The highest BCUT2D eigenvalue weighted by atomic mass is 15.0. The summed E-state index contributed by atoms with van der Waals surface area (Å²) >= 11 is 0. The summed E-state index contributed by atoms with van der Waals surface area (Å²) in [6, 6.07) is 0. The molecule has 1 nitrogen and oxygen atoms in total. The average molecular weight is 109 g/mol. The molecule has 1 N–H and O–H groups in total. The maximum absolute atomic E-state index is 3.93. The van der Waals surface area contributed by atoms with E-state index in [1.54, 1.807) is 0 Å². The van der Waals surface area contributed by atoms with E-state index in [-0.39, 0.29) is 0 Å². The maximum Gasteiger partial charge on any atom is 0.0223 e. The first kappa shape index (κ1) is 4.57. The first-order valence-electron chi connectivity index (χ1n) is 3.22. The maximum atomic E-state index is 3.93. The van der Waals surface area contributed by atoms with Crippen molar-refractivity contribution in [1.29, 1.82) is 0 Å². The number of hydrogen-bond acceptors (Lipinski definition) is 1. The molecule has 44 valence electrons. The lowest BCUT2D eigenvalue weighted by molar-refractivity contribution is 0.604. The van der Waals surface area contributed by atoms with Gasteiger partial charge in [-0.3, -0.25) is 0 Å². The Morgan fingerprint density at radius 1 is 1.50 bits per heavy atom. The van der Waals surface area contributed by atoms with Gasteiger partial charge in [0.15, 0.2) is 0 Å². The third-order valence-electron chi connectivity index (χ3n) is 2.16. The van der Waals surface area contributed by atoms with Gasteiger partial charge in [-0.2, -0.15) is 0 Å². The van der Waals surface area contributed by atoms with Gasteiger partial charge in [0.1, 0.15) is 0 Å². The Labute approximate surface area is 49.8 Å². The van der Waals surface area contributed by atoms with Crippen molar-refractivity contribution in [2.24, 2.45) is 0 Å². The van der Waals surface area contributed by atoms with E-state index in [2.05, 4.69) is 11.9 Å². The lowest BCUT2D eigenvalue weighted by Crippen LogP contribution is -2.22. The van der Waals surface area contributed by atoms with Crippen molar-refractivity contribution < 1.29 is 0 Å². The highest BCUT2D eigenvalue weighted by molar-refractivity contribution is 5.20. The number of nitrogens with one attached hydrogen (secondary N) is 1. The summed E-state index contributed by atoms with van der Waals surface area (Å²) in [5.41, 5.74) is 1.96. The summed E-state index contributed by atoms with van der Waals surface area (Å²) in [7, 11) is 0. The first-order valence-corrected chi connectivity index (χ1v) is 3.22. The molecule has 2 rings (SSSR count). The van der Waals surface area contributed by atoms with E-state index in [4.69, 9.17) is 0 Å². The molecule has 1 heterocycles. The highest BCUT2D eigenvalue weighted by Gasteiger charge is 2.45. The van der Waals surface area contributed by atoms with Crippen molar-refractivity contribution in [1.82, 2.24) is 5.32 Å². The van der Waals surface area contributed by atoms with Crippen LogP contribution >= 0.6 is 0 Å². The molecular weight excluding hydrogens is 98.1 g/mol. The van der Waals surface area contributed by atoms with Crippen LogP contribution in [0.1, 0.15) is 19.3 Å². The Morgan fingerprint density at radius 2 is 2.25 bits per heavy atom. The van der Waals surface area contributed by atoms with Gasteiger partial charge in [-0.1, -0.05) is 12.2 Å². The predicted octanol–water partition coefficient (Wildman–Crippen LogP) is 1.07. The third kappa shape index (κ3) is 0.511. The Kier molecular flexibility index (Phi) is 0.662. The molecule has 0 atom stereocenters. The topological polar surface area (TPSA) is 12.0 Å². The van der Waals surface area contributed by atoms with Crippen molar-refractivity contribution in [3.63, 3.8) is 0 Å². The zero-order valence-corrected chi connectivity index (χ0v) is 5.04. The summed E-state index contributed by atoms with van der Waals surface area (Å²) in [4.78, 5) is 0. The van der Waals surface area contributed by atoms with Crippen LogP contribution in [0.25, 0.3) is 0 Å². The fraction of sp³-hybridized carbons (Fsp3) is 0.714. The predicted molar refractivity (Wildman–Crippen MR) is 33.7 cm³/mol. The molecule has 8 heavy (non-hydrogen) atoms. The zero-order valence-electron chi connectivity index (χ0n) is 5.04. The molecule has 1 aliphatic heterocycles. The van der Waals surface area contributed by atoms with E-state index in [0.717, 1.165) is 6.54 Å². The Morgan fingerprint density at radius 3 is 2.50 bits per heavy atom. The molecular formula is C7H11N. The van der Waals surface area contributed by atoms with Gasteiger partial charge >= 0.3 is 0 Å². The van der Waals surface area contributed by atoms with E-state index < -0.39 is 0 Å². The third-order valence-corrected chi connectivity index (χ3v) is 2.16. The number of rotatable bonds is 0. The summed E-state index contributed by atoms with van der Waals surface area (Å²) < 4.78 is 0. The first-order chi connectivity index (χ1) is 3.81. The molecule has 0 unspecified atom stereocenters. The summed E-state index contributed by atoms with van der Waals surface area (Å²) in [6.45, 7) is 5.00. The van der Waals surface area contributed by atoms with Crippen LogP contribution in [0.5, 0.6) is 0 Å². The van der Waals surface area contributed by atoms with Crippen LogP contribution in [0.4, 0.5) is 0 Å². The van der Waals surface area contributed by atoms with Crippen molar-refractivity contribution in [2.75, 3.05) is 6.54 Å². The molecule has 0 aromatic rings.